The van der Waals surface area contributed by atoms with E-state index in [1.54, 1.807) is 0 Å². The number of ether oxygens (including phenoxy) is 1. The van der Waals surface area contributed by atoms with Crippen LogP contribution in [0.4, 0.5) is 0 Å². The molecule has 0 bridgehead atoms. The first-order valence-corrected chi connectivity index (χ1v) is 6.59. The van der Waals surface area contributed by atoms with Gasteiger partial charge in [-0.25, -0.2) is 0 Å². The standard InChI is InChI=1S/C13H25NO/c1-10-6-11(2)8-12(7-10)14-9-13-4-3-5-15-13/h10-14H,3-9H2,1-2H3/t10-,11-,13+/m1/s1. The minimum atomic E-state index is 0.498. The molecule has 1 N–H and O–H groups in total. The lowest BCUT2D eigenvalue weighted by molar-refractivity contribution is 0.102. The molecule has 2 aliphatic rings. The van der Waals surface area contributed by atoms with Gasteiger partial charge in [-0.3, -0.25) is 0 Å². The molecule has 2 heteroatoms. The first-order valence-electron chi connectivity index (χ1n) is 6.59. The van der Waals surface area contributed by atoms with Crippen molar-refractivity contribution in [1.82, 2.24) is 5.32 Å². The zero-order valence-electron chi connectivity index (χ0n) is 10.2. The zero-order valence-corrected chi connectivity index (χ0v) is 10.2. The highest BCUT2D eigenvalue weighted by Gasteiger charge is 2.24. The lowest BCUT2D eigenvalue weighted by Crippen LogP contribution is -2.40. The zero-order chi connectivity index (χ0) is 10.7. The second-order valence-corrected chi connectivity index (χ2v) is 5.66. The third kappa shape index (κ3) is 3.46. The van der Waals surface area contributed by atoms with Gasteiger partial charge in [-0.15, -0.1) is 0 Å². The van der Waals surface area contributed by atoms with Crippen LogP contribution in [-0.2, 0) is 4.74 Å². The van der Waals surface area contributed by atoms with E-state index in [-0.39, 0.29) is 0 Å². The molecule has 0 unspecified atom stereocenters. The lowest BCUT2D eigenvalue weighted by atomic mass is 9.80. The molecule has 1 heterocycles. The van der Waals surface area contributed by atoms with Crippen molar-refractivity contribution in [3.63, 3.8) is 0 Å². The van der Waals surface area contributed by atoms with Crippen LogP contribution in [0.5, 0.6) is 0 Å². The summed E-state index contributed by atoms with van der Waals surface area (Å²) in [6.45, 7) is 6.82. The maximum absolute atomic E-state index is 5.64. The highest BCUT2D eigenvalue weighted by atomic mass is 16.5. The van der Waals surface area contributed by atoms with Gasteiger partial charge in [0.25, 0.3) is 0 Å². The third-order valence-corrected chi connectivity index (χ3v) is 3.84. The van der Waals surface area contributed by atoms with Crippen molar-refractivity contribution < 1.29 is 4.74 Å². The molecule has 2 nitrogen and oxygen atoms in total. The first-order chi connectivity index (χ1) is 7.24. The SMILES string of the molecule is C[C@H]1CC(NC[C@@H]2CCCO2)C[C@H](C)C1. The molecule has 1 aliphatic heterocycles. The minimum Gasteiger partial charge on any atom is -0.377 e. The van der Waals surface area contributed by atoms with Gasteiger partial charge in [-0.1, -0.05) is 13.8 Å². The molecule has 2 fully saturated rings. The summed E-state index contributed by atoms with van der Waals surface area (Å²) in [7, 11) is 0. The van der Waals surface area contributed by atoms with E-state index in [9.17, 15) is 0 Å². The fraction of sp³-hybridized carbons (Fsp3) is 1.00. The lowest BCUT2D eigenvalue weighted by Gasteiger charge is -2.32. The van der Waals surface area contributed by atoms with Crippen molar-refractivity contribution in [2.24, 2.45) is 11.8 Å². The predicted molar refractivity (Wildman–Crippen MR) is 62.9 cm³/mol. The predicted octanol–water partition coefficient (Wildman–Crippen LogP) is 2.58. The van der Waals surface area contributed by atoms with Crippen LogP contribution in [-0.4, -0.2) is 25.3 Å². The van der Waals surface area contributed by atoms with E-state index in [2.05, 4.69) is 19.2 Å². The van der Waals surface area contributed by atoms with E-state index in [1.807, 2.05) is 0 Å². The minimum absolute atomic E-state index is 0.498. The monoisotopic (exact) mass is 211 g/mol. The van der Waals surface area contributed by atoms with Crippen molar-refractivity contribution in [3.05, 3.63) is 0 Å². The molecule has 0 spiro atoms. The van der Waals surface area contributed by atoms with Gasteiger partial charge in [-0.2, -0.15) is 0 Å². The van der Waals surface area contributed by atoms with Crippen LogP contribution >= 0.6 is 0 Å². The van der Waals surface area contributed by atoms with Gasteiger partial charge in [0.15, 0.2) is 0 Å². The Morgan fingerprint density at radius 2 is 1.87 bits per heavy atom. The molecule has 1 saturated carbocycles. The Morgan fingerprint density at radius 1 is 1.13 bits per heavy atom. The summed E-state index contributed by atoms with van der Waals surface area (Å²) in [6.07, 6.45) is 7.14. The van der Waals surface area contributed by atoms with E-state index >= 15 is 0 Å². The summed E-state index contributed by atoms with van der Waals surface area (Å²) in [6, 6.07) is 0.743. The summed E-state index contributed by atoms with van der Waals surface area (Å²) in [5.74, 6) is 1.80. The second kappa shape index (κ2) is 5.31. The van der Waals surface area contributed by atoms with Crippen molar-refractivity contribution in [2.45, 2.75) is 58.1 Å². The van der Waals surface area contributed by atoms with Gasteiger partial charge in [0.05, 0.1) is 6.10 Å². The Kier molecular flexibility index (Phi) is 4.04. The number of hydrogen-bond acceptors (Lipinski definition) is 2. The van der Waals surface area contributed by atoms with Crippen LogP contribution in [0.1, 0.15) is 46.0 Å². The molecule has 15 heavy (non-hydrogen) atoms. The molecule has 0 aromatic rings. The molecule has 1 aliphatic carbocycles. The Labute approximate surface area is 93.8 Å². The largest absolute Gasteiger partial charge is 0.377 e. The maximum atomic E-state index is 5.64. The summed E-state index contributed by atoms with van der Waals surface area (Å²) in [4.78, 5) is 0. The fourth-order valence-electron chi connectivity index (χ4n) is 3.22. The molecule has 0 aromatic carbocycles. The van der Waals surface area contributed by atoms with Crippen LogP contribution in [0, 0.1) is 11.8 Å². The average molecular weight is 211 g/mol. The number of hydrogen-bond donors (Lipinski definition) is 1. The molecule has 0 radical (unpaired) electrons. The molecule has 0 aromatic heterocycles. The van der Waals surface area contributed by atoms with Crippen molar-refractivity contribution in [1.29, 1.82) is 0 Å². The Balaban J connectivity index is 1.69. The Hall–Kier alpha value is -0.0800. The maximum Gasteiger partial charge on any atom is 0.0700 e. The smallest absolute Gasteiger partial charge is 0.0700 e. The van der Waals surface area contributed by atoms with Crippen LogP contribution < -0.4 is 5.32 Å². The fourth-order valence-corrected chi connectivity index (χ4v) is 3.22. The first kappa shape index (κ1) is 11.4. The highest BCUT2D eigenvalue weighted by molar-refractivity contribution is 4.81. The van der Waals surface area contributed by atoms with Crippen LogP contribution in [0.3, 0.4) is 0 Å². The Bertz CT molecular complexity index is 179. The summed E-state index contributed by atoms with van der Waals surface area (Å²) in [5.41, 5.74) is 0. The molecule has 88 valence electrons. The molecule has 1 saturated heterocycles. The highest BCUT2D eigenvalue weighted by Crippen LogP contribution is 2.28. The van der Waals surface area contributed by atoms with Gasteiger partial charge < -0.3 is 10.1 Å². The van der Waals surface area contributed by atoms with E-state index in [4.69, 9.17) is 4.74 Å². The van der Waals surface area contributed by atoms with Gasteiger partial charge in [-0.05, 0) is 43.9 Å². The Morgan fingerprint density at radius 3 is 2.47 bits per heavy atom. The van der Waals surface area contributed by atoms with E-state index in [1.165, 1.54) is 32.1 Å². The van der Waals surface area contributed by atoms with Crippen LogP contribution in [0.15, 0.2) is 0 Å². The van der Waals surface area contributed by atoms with Gasteiger partial charge >= 0.3 is 0 Å². The van der Waals surface area contributed by atoms with Gasteiger partial charge in [0.1, 0.15) is 0 Å². The summed E-state index contributed by atoms with van der Waals surface area (Å²) < 4.78 is 5.64. The topological polar surface area (TPSA) is 21.3 Å². The van der Waals surface area contributed by atoms with Crippen molar-refractivity contribution in [2.75, 3.05) is 13.2 Å². The molecule has 2 rings (SSSR count). The molecule has 3 atom stereocenters. The van der Waals surface area contributed by atoms with Crippen molar-refractivity contribution in [3.8, 4) is 0 Å². The summed E-state index contributed by atoms with van der Waals surface area (Å²) >= 11 is 0. The van der Waals surface area contributed by atoms with Crippen LogP contribution in [0.25, 0.3) is 0 Å². The average Bonchev–Trinajstić information content (AvgIpc) is 2.65. The van der Waals surface area contributed by atoms with Gasteiger partial charge in [0, 0.05) is 19.2 Å². The van der Waals surface area contributed by atoms with Crippen LogP contribution in [0.2, 0.25) is 0 Å². The number of rotatable bonds is 3. The molecule has 0 amide bonds. The normalized spacial score (nSPS) is 42.0. The summed E-state index contributed by atoms with van der Waals surface area (Å²) in [5, 5.41) is 3.70. The van der Waals surface area contributed by atoms with Gasteiger partial charge in [0.2, 0.25) is 0 Å². The quantitative estimate of drug-likeness (QED) is 0.774. The van der Waals surface area contributed by atoms with E-state index in [0.29, 0.717) is 6.10 Å². The van der Waals surface area contributed by atoms with E-state index in [0.717, 1.165) is 31.0 Å². The molecular formula is C13H25NO. The number of nitrogens with one attached hydrogen (secondary N) is 1. The third-order valence-electron chi connectivity index (χ3n) is 3.84. The molecular weight excluding hydrogens is 186 g/mol. The van der Waals surface area contributed by atoms with E-state index < -0.39 is 0 Å². The second-order valence-electron chi connectivity index (χ2n) is 5.66. The van der Waals surface area contributed by atoms with Crippen molar-refractivity contribution >= 4 is 0 Å².